The van der Waals surface area contributed by atoms with E-state index in [0.29, 0.717) is 18.2 Å². The smallest absolute Gasteiger partial charge is 0.0678 e. The Bertz CT molecular complexity index is 177. The second-order valence-electron chi connectivity index (χ2n) is 4.96. The zero-order chi connectivity index (χ0) is 12.0. The first-order chi connectivity index (χ1) is 7.67. The van der Waals surface area contributed by atoms with Gasteiger partial charge in [-0.3, -0.25) is 4.90 Å². The third kappa shape index (κ3) is 4.40. The third-order valence-corrected chi connectivity index (χ3v) is 3.22. The first-order valence-electron chi connectivity index (χ1n) is 6.77. The normalized spacial score (nSPS) is 29.2. The van der Waals surface area contributed by atoms with Crippen LogP contribution in [0.5, 0.6) is 0 Å². The summed E-state index contributed by atoms with van der Waals surface area (Å²) in [7, 11) is 0. The lowest BCUT2D eigenvalue weighted by atomic mass is 10.1. The minimum absolute atomic E-state index is 0.379. The molecule has 0 spiro atoms. The van der Waals surface area contributed by atoms with E-state index in [0.717, 1.165) is 26.2 Å². The molecule has 1 fully saturated rings. The van der Waals surface area contributed by atoms with Crippen molar-refractivity contribution in [1.29, 1.82) is 0 Å². The summed E-state index contributed by atoms with van der Waals surface area (Å²) in [5.74, 6) is 0. The van der Waals surface area contributed by atoms with Crippen LogP contribution in [-0.4, -0.2) is 49.3 Å². The summed E-state index contributed by atoms with van der Waals surface area (Å²) in [5.41, 5.74) is 0. The summed E-state index contributed by atoms with van der Waals surface area (Å²) < 4.78 is 5.79. The van der Waals surface area contributed by atoms with Crippen LogP contribution in [0.2, 0.25) is 0 Å². The molecule has 1 aliphatic heterocycles. The minimum Gasteiger partial charge on any atom is -0.373 e. The molecule has 0 radical (unpaired) electrons. The van der Waals surface area contributed by atoms with Gasteiger partial charge in [0.2, 0.25) is 0 Å². The highest BCUT2D eigenvalue weighted by Crippen LogP contribution is 2.16. The Labute approximate surface area is 101 Å². The van der Waals surface area contributed by atoms with E-state index in [9.17, 15) is 0 Å². The van der Waals surface area contributed by atoms with Gasteiger partial charge in [0.25, 0.3) is 0 Å². The highest BCUT2D eigenvalue weighted by Gasteiger charge is 2.26. The predicted molar refractivity (Wildman–Crippen MR) is 68.8 cm³/mol. The Hall–Kier alpha value is -0.120. The lowest BCUT2D eigenvalue weighted by molar-refractivity contribution is -0.0809. The first kappa shape index (κ1) is 13.9. The number of rotatable bonds is 6. The summed E-state index contributed by atoms with van der Waals surface area (Å²) in [5, 5.41) is 3.48. The van der Waals surface area contributed by atoms with Gasteiger partial charge >= 0.3 is 0 Å². The van der Waals surface area contributed by atoms with E-state index in [2.05, 4.69) is 37.9 Å². The summed E-state index contributed by atoms with van der Waals surface area (Å²) in [6, 6.07) is 0.679. The summed E-state index contributed by atoms with van der Waals surface area (Å²) in [4.78, 5) is 2.60. The van der Waals surface area contributed by atoms with Crippen LogP contribution in [0.15, 0.2) is 0 Å². The second kappa shape index (κ2) is 7.25. The van der Waals surface area contributed by atoms with Gasteiger partial charge in [-0.05, 0) is 26.8 Å². The molecule has 0 aliphatic carbocycles. The molecule has 0 aromatic rings. The Kier molecular flexibility index (Phi) is 6.32. The Balaban J connectivity index is 2.47. The number of nitrogens with zero attached hydrogens (tertiary/aromatic N) is 1. The molecule has 3 atom stereocenters. The van der Waals surface area contributed by atoms with Crippen LogP contribution in [0.1, 0.15) is 40.5 Å². The van der Waals surface area contributed by atoms with Crippen molar-refractivity contribution in [3.8, 4) is 0 Å². The Morgan fingerprint density at radius 1 is 1.25 bits per heavy atom. The molecule has 0 aromatic carbocycles. The topological polar surface area (TPSA) is 24.5 Å². The molecule has 1 aliphatic rings. The SMILES string of the molecule is CCCC(CNCC)N1C[C@@H](C)O[C@@H](C)C1. The maximum atomic E-state index is 5.79. The molecule has 0 amide bonds. The maximum Gasteiger partial charge on any atom is 0.0678 e. The number of ether oxygens (including phenoxy) is 1. The summed E-state index contributed by atoms with van der Waals surface area (Å²) in [6.07, 6.45) is 3.30. The lowest BCUT2D eigenvalue weighted by Crippen LogP contribution is -2.52. The molecule has 1 saturated heterocycles. The second-order valence-corrected chi connectivity index (χ2v) is 4.96. The van der Waals surface area contributed by atoms with Gasteiger partial charge in [0, 0.05) is 25.7 Å². The predicted octanol–water partition coefficient (Wildman–Crippen LogP) is 1.87. The summed E-state index contributed by atoms with van der Waals surface area (Å²) in [6.45, 7) is 13.2. The van der Waals surface area contributed by atoms with Gasteiger partial charge in [0.15, 0.2) is 0 Å². The first-order valence-corrected chi connectivity index (χ1v) is 6.77. The van der Waals surface area contributed by atoms with E-state index < -0.39 is 0 Å². The molecule has 3 nitrogen and oxygen atoms in total. The van der Waals surface area contributed by atoms with Crippen LogP contribution in [0.3, 0.4) is 0 Å². The van der Waals surface area contributed by atoms with Gasteiger partial charge < -0.3 is 10.1 Å². The van der Waals surface area contributed by atoms with Gasteiger partial charge in [-0.15, -0.1) is 0 Å². The Morgan fingerprint density at radius 3 is 2.38 bits per heavy atom. The van der Waals surface area contributed by atoms with Gasteiger partial charge in [-0.1, -0.05) is 20.3 Å². The van der Waals surface area contributed by atoms with E-state index in [1.165, 1.54) is 12.8 Å². The van der Waals surface area contributed by atoms with Gasteiger partial charge in [0.1, 0.15) is 0 Å². The molecule has 1 N–H and O–H groups in total. The van der Waals surface area contributed by atoms with Crippen molar-refractivity contribution in [2.75, 3.05) is 26.2 Å². The van der Waals surface area contributed by atoms with Gasteiger partial charge in [-0.2, -0.15) is 0 Å². The number of nitrogens with one attached hydrogen (secondary N) is 1. The molecule has 1 unspecified atom stereocenters. The average molecular weight is 228 g/mol. The highest BCUT2D eigenvalue weighted by molar-refractivity contribution is 4.81. The standard InChI is InChI=1S/C13H28N2O/c1-5-7-13(8-14-6-2)15-9-11(3)16-12(4)10-15/h11-14H,5-10H2,1-4H3/t11-,12+,13?. The fourth-order valence-corrected chi connectivity index (χ4v) is 2.57. The molecule has 1 heterocycles. The molecule has 16 heavy (non-hydrogen) atoms. The average Bonchev–Trinajstić information content (AvgIpc) is 2.22. The van der Waals surface area contributed by atoms with Crippen LogP contribution < -0.4 is 5.32 Å². The van der Waals surface area contributed by atoms with E-state index in [1.807, 2.05) is 0 Å². The lowest BCUT2D eigenvalue weighted by Gasteiger charge is -2.40. The van der Waals surface area contributed by atoms with Crippen molar-refractivity contribution < 1.29 is 4.74 Å². The van der Waals surface area contributed by atoms with E-state index >= 15 is 0 Å². The maximum absolute atomic E-state index is 5.79. The molecule has 0 bridgehead atoms. The number of hydrogen-bond acceptors (Lipinski definition) is 3. The molecule has 0 aromatic heterocycles. The van der Waals surface area contributed by atoms with Crippen LogP contribution in [0.25, 0.3) is 0 Å². The highest BCUT2D eigenvalue weighted by atomic mass is 16.5. The molecule has 96 valence electrons. The van der Waals surface area contributed by atoms with Crippen LogP contribution in [0.4, 0.5) is 0 Å². The number of morpholine rings is 1. The fraction of sp³-hybridized carbons (Fsp3) is 1.00. The van der Waals surface area contributed by atoms with Crippen molar-refractivity contribution in [2.45, 2.75) is 58.8 Å². The fourth-order valence-electron chi connectivity index (χ4n) is 2.57. The molecule has 0 saturated carbocycles. The van der Waals surface area contributed by atoms with Crippen LogP contribution in [0, 0.1) is 0 Å². The van der Waals surface area contributed by atoms with E-state index in [4.69, 9.17) is 4.74 Å². The van der Waals surface area contributed by atoms with Crippen LogP contribution >= 0.6 is 0 Å². The molecular weight excluding hydrogens is 200 g/mol. The largest absolute Gasteiger partial charge is 0.373 e. The quantitative estimate of drug-likeness (QED) is 0.751. The van der Waals surface area contributed by atoms with Gasteiger partial charge in [0.05, 0.1) is 12.2 Å². The van der Waals surface area contributed by atoms with Crippen molar-refractivity contribution in [3.05, 3.63) is 0 Å². The van der Waals surface area contributed by atoms with Crippen molar-refractivity contribution in [3.63, 3.8) is 0 Å². The van der Waals surface area contributed by atoms with Crippen LogP contribution in [-0.2, 0) is 4.74 Å². The minimum atomic E-state index is 0.379. The molecule has 1 rings (SSSR count). The zero-order valence-corrected chi connectivity index (χ0v) is 11.3. The Morgan fingerprint density at radius 2 is 1.88 bits per heavy atom. The van der Waals surface area contributed by atoms with Gasteiger partial charge in [-0.25, -0.2) is 0 Å². The van der Waals surface area contributed by atoms with E-state index in [1.54, 1.807) is 0 Å². The summed E-state index contributed by atoms with van der Waals surface area (Å²) >= 11 is 0. The van der Waals surface area contributed by atoms with Crippen molar-refractivity contribution in [1.82, 2.24) is 10.2 Å². The monoisotopic (exact) mass is 228 g/mol. The number of likely N-dealkylation sites (N-methyl/N-ethyl adjacent to an activating group) is 1. The van der Waals surface area contributed by atoms with Crippen molar-refractivity contribution in [2.24, 2.45) is 0 Å². The number of hydrogen-bond donors (Lipinski definition) is 1. The third-order valence-electron chi connectivity index (χ3n) is 3.22. The zero-order valence-electron chi connectivity index (χ0n) is 11.3. The molecule has 3 heteroatoms. The molecular formula is C13H28N2O. The van der Waals surface area contributed by atoms with Crippen molar-refractivity contribution >= 4 is 0 Å². The van der Waals surface area contributed by atoms with E-state index in [-0.39, 0.29) is 0 Å².